The lowest BCUT2D eigenvalue weighted by atomic mass is 10.0. The monoisotopic (exact) mass is 1120 g/mol. The lowest BCUT2D eigenvalue weighted by Gasteiger charge is -2.15. The molecule has 2 aliphatic carbocycles. The zero-order valence-corrected chi connectivity index (χ0v) is 43.5. The number of H-pyrrole nitrogens is 4. The summed E-state index contributed by atoms with van der Waals surface area (Å²) < 4.78 is 39.4. The Morgan fingerprint density at radius 2 is 1.05 bits per heavy atom. The van der Waals surface area contributed by atoms with Crippen LogP contribution in [0.5, 0.6) is 0 Å². The molecule has 0 radical (unpaired) electrons. The molecule has 2 aliphatic rings. The molecule has 0 unspecified atom stereocenters. The van der Waals surface area contributed by atoms with E-state index < -0.39 is 35.1 Å². The van der Waals surface area contributed by atoms with E-state index in [9.17, 15) is 37.5 Å². The molecule has 6 heterocycles. The predicted octanol–water partition coefficient (Wildman–Crippen LogP) is 5.85. The highest BCUT2D eigenvalue weighted by Gasteiger charge is 2.29. The van der Waals surface area contributed by atoms with Crippen LogP contribution in [0.4, 0.5) is 8.78 Å². The Hall–Kier alpha value is -9.96. The summed E-state index contributed by atoms with van der Waals surface area (Å²) in [6.45, 7) is 3.57. The fraction of sp³-hybridized carbons (Fsp3) is 0.192. The van der Waals surface area contributed by atoms with Crippen molar-refractivity contribution in [2.24, 2.45) is 0 Å². The minimum absolute atomic E-state index is 0.00507. The number of carbonyl (C=O) groups excluding carboxylic acids is 4. The van der Waals surface area contributed by atoms with Crippen LogP contribution >= 0.6 is 24.4 Å². The van der Waals surface area contributed by atoms with Gasteiger partial charge in [0.15, 0.2) is 11.6 Å². The second-order valence-corrected chi connectivity index (χ2v) is 19.5. The number of hydrogen-bond donors (Lipinski definition) is 8. The number of halogens is 2. The number of aromatic amines is 4. The zero-order valence-electron chi connectivity index (χ0n) is 41.9. The summed E-state index contributed by atoms with van der Waals surface area (Å²) in [4.78, 5) is 89.2. The van der Waals surface area contributed by atoms with Crippen LogP contribution in [-0.4, -0.2) is 83.1 Å². The number of benzene rings is 4. The van der Waals surface area contributed by atoms with Crippen molar-refractivity contribution in [3.63, 3.8) is 0 Å². The lowest BCUT2D eigenvalue weighted by molar-refractivity contribution is 0.0918. The van der Waals surface area contributed by atoms with Gasteiger partial charge in [-0.2, -0.15) is 0 Å². The van der Waals surface area contributed by atoms with Gasteiger partial charge in [0.1, 0.15) is 34.4 Å². The summed E-state index contributed by atoms with van der Waals surface area (Å²) in [5, 5.41) is 32.3. The molecule has 4 aromatic carbocycles. The number of fused-ring (bicyclic) bond motifs is 4. The maximum atomic E-state index is 13.6. The number of nitrogens with zero attached hydrogens (tertiary/aromatic N) is 8. The molecule has 404 valence electrons. The van der Waals surface area contributed by atoms with Crippen LogP contribution in [-0.2, 0) is 25.9 Å². The Morgan fingerprint density at radius 3 is 1.51 bits per heavy atom. The van der Waals surface area contributed by atoms with E-state index in [1.807, 2.05) is 24.3 Å². The van der Waals surface area contributed by atoms with Gasteiger partial charge in [0, 0.05) is 24.2 Å². The van der Waals surface area contributed by atoms with Crippen LogP contribution in [0.25, 0.3) is 34.3 Å². The Morgan fingerprint density at radius 1 is 0.600 bits per heavy atom. The minimum atomic E-state index is -0.638. The normalized spacial score (nSPS) is 14.3. The van der Waals surface area contributed by atoms with Crippen molar-refractivity contribution in [2.75, 3.05) is 0 Å². The third-order valence-corrected chi connectivity index (χ3v) is 14.1. The summed E-state index contributed by atoms with van der Waals surface area (Å²) >= 11 is 10.6. The predicted molar refractivity (Wildman–Crippen MR) is 283 cm³/mol. The average Bonchev–Trinajstić information content (AvgIpc) is 4.41. The third-order valence-electron chi connectivity index (χ3n) is 13.5. The number of aryl methyl sites for hydroxylation is 4. The van der Waals surface area contributed by atoms with Crippen LogP contribution in [0, 0.1) is 35.0 Å². The third kappa shape index (κ3) is 10.6. The summed E-state index contributed by atoms with van der Waals surface area (Å²) in [5.41, 5.74) is 7.76. The van der Waals surface area contributed by atoms with E-state index in [4.69, 9.17) is 24.4 Å². The first-order valence-corrected chi connectivity index (χ1v) is 25.4. The van der Waals surface area contributed by atoms with Crippen molar-refractivity contribution in [3.05, 3.63) is 194 Å². The number of nitrogens with one attached hydrogen (secondary N) is 8. The van der Waals surface area contributed by atoms with E-state index in [1.54, 1.807) is 50.2 Å². The molecule has 28 heteroatoms. The van der Waals surface area contributed by atoms with Crippen LogP contribution in [0.1, 0.15) is 111 Å². The Bertz CT molecular complexity index is 4400. The van der Waals surface area contributed by atoms with Gasteiger partial charge in [-0.15, -0.1) is 10.2 Å². The van der Waals surface area contributed by atoms with E-state index in [-0.39, 0.29) is 80.7 Å². The molecular formula is C52H42F2N16O8S2. The largest absolute Gasteiger partial charge is 0.439 e. The van der Waals surface area contributed by atoms with Gasteiger partial charge in [0.05, 0.1) is 12.1 Å². The zero-order chi connectivity index (χ0) is 55.9. The summed E-state index contributed by atoms with van der Waals surface area (Å²) in [6, 6.07) is 22.4. The number of aromatic nitrogens is 12. The first-order chi connectivity index (χ1) is 38.5. The summed E-state index contributed by atoms with van der Waals surface area (Å²) in [5.74, 6) is -3.13. The molecule has 8 N–H and O–H groups in total. The minimum Gasteiger partial charge on any atom is -0.347 e. The van der Waals surface area contributed by atoms with Crippen molar-refractivity contribution in [1.82, 2.24) is 80.7 Å². The molecule has 4 amide bonds. The molecule has 0 saturated carbocycles. The molecule has 0 aliphatic heterocycles. The van der Waals surface area contributed by atoms with Crippen LogP contribution in [0.3, 0.4) is 0 Å². The van der Waals surface area contributed by atoms with E-state index in [1.165, 1.54) is 33.1 Å². The molecule has 10 aromatic rings. The second-order valence-electron chi connectivity index (χ2n) is 18.8. The summed E-state index contributed by atoms with van der Waals surface area (Å²) in [6.07, 6.45) is 2.70. The molecule has 24 nitrogen and oxygen atoms in total. The van der Waals surface area contributed by atoms with Crippen molar-refractivity contribution in [2.45, 2.75) is 64.7 Å². The molecular weight excluding hydrogens is 1080 g/mol. The maximum absolute atomic E-state index is 13.6. The van der Waals surface area contributed by atoms with Crippen LogP contribution in [0.15, 0.2) is 104 Å². The van der Waals surface area contributed by atoms with Gasteiger partial charge in [-0.05, 0) is 145 Å². The number of rotatable bonds is 12. The first kappa shape index (κ1) is 52.1. The van der Waals surface area contributed by atoms with Gasteiger partial charge >= 0.3 is 11.5 Å². The van der Waals surface area contributed by atoms with Gasteiger partial charge in [-0.25, -0.2) is 47.3 Å². The standard InChI is InChI=1S/2C26H21FN8O4S/c1-12-8-13(2-6-17(12)27)11-28-23(37)20-10-19(30-24-32-33-25(40)35(20)24)22(36)29-18-7-4-14-9-15(3-5-16(14)18)21-31-26(38)39-34-21;1-12-8-13(2-6-17(12)27)11-28-22(36)19-10-20(35-24(30-19)32-33-25(35)40)23(37)29-18-7-4-14-9-15(3-5-16(14)18)21-31-26(38)39-34-21/h2-3,5-6,8-10,18H,4,7,11H2,1H3,(H,28,37)(H,29,36)(H,33,40)(H,31,34,38);2-3,5-6,8-10,18H,4,7,11H2,1H3,(H,28,36)(H,29,37)(H,33,40)(H,31,34,38)/t2*18-/m00/s1. The number of hydrogen-bond acceptors (Lipinski definition) is 16. The van der Waals surface area contributed by atoms with Gasteiger partial charge < -0.3 is 21.3 Å². The first-order valence-electron chi connectivity index (χ1n) is 24.6. The lowest BCUT2D eigenvalue weighted by Crippen LogP contribution is -2.30. The number of amides is 4. The molecule has 0 bridgehead atoms. The van der Waals surface area contributed by atoms with Crippen molar-refractivity contribution >= 4 is 59.6 Å². The van der Waals surface area contributed by atoms with Gasteiger partial charge in [-0.1, -0.05) is 58.8 Å². The topological polar surface area (TPSA) is 326 Å². The molecule has 0 spiro atoms. The average molecular weight is 1120 g/mol. The fourth-order valence-corrected chi connectivity index (χ4v) is 10.0. The maximum Gasteiger partial charge on any atom is 0.439 e. The second kappa shape index (κ2) is 21.5. The molecule has 0 fully saturated rings. The number of carbonyl (C=O) groups is 4. The van der Waals surface area contributed by atoms with Crippen molar-refractivity contribution in [3.8, 4) is 22.8 Å². The SMILES string of the molecule is Cc1cc(CNC(=O)c2cc(C(=O)N[C@H]3CCc4cc(-c5noc(=O)[nH]5)ccc43)n3c(=S)[nH]nc3n2)ccc1F.Cc1cc(CNC(=O)c2cc(C(=O)N[C@H]3CCc4cc(-c5noc(=O)[nH]5)ccc43)nc3n[nH]c(=S)n23)ccc1F. The molecule has 6 aromatic heterocycles. The fourth-order valence-electron chi connectivity index (χ4n) is 9.58. The van der Waals surface area contributed by atoms with E-state index in [0.29, 0.717) is 70.7 Å². The van der Waals surface area contributed by atoms with Crippen molar-refractivity contribution < 1.29 is 37.0 Å². The molecule has 2 atom stereocenters. The molecule has 12 rings (SSSR count). The van der Waals surface area contributed by atoms with Gasteiger partial charge in [0.25, 0.3) is 35.2 Å². The van der Waals surface area contributed by atoms with Crippen LogP contribution in [0.2, 0.25) is 0 Å². The Labute approximate surface area is 457 Å². The van der Waals surface area contributed by atoms with E-state index in [0.717, 1.165) is 22.3 Å². The van der Waals surface area contributed by atoms with Gasteiger partial charge in [-0.3, -0.25) is 38.2 Å². The highest BCUT2D eigenvalue weighted by atomic mass is 32.1. The van der Waals surface area contributed by atoms with E-state index >= 15 is 0 Å². The quantitative estimate of drug-likeness (QED) is 0.0665. The van der Waals surface area contributed by atoms with E-state index in [2.05, 4.69) is 81.0 Å². The highest BCUT2D eigenvalue weighted by molar-refractivity contribution is 7.71. The highest BCUT2D eigenvalue weighted by Crippen LogP contribution is 2.35. The Balaban J connectivity index is 0.000000169. The molecule has 0 saturated heterocycles. The molecule has 80 heavy (non-hydrogen) atoms. The van der Waals surface area contributed by atoms with Crippen molar-refractivity contribution in [1.29, 1.82) is 0 Å². The van der Waals surface area contributed by atoms with Gasteiger partial charge in [0.2, 0.25) is 9.54 Å². The van der Waals surface area contributed by atoms with Crippen LogP contribution < -0.4 is 32.8 Å². The Kier molecular flexibility index (Phi) is 14.0. The smallest absolute Gasteiger partial charge is 0.347 e. The summed E-state index contributed by atoms with van der Waals surface area (Å²) in [7, 11) is 0.